The summed E-state index contributed by atoms with van der Waals surface area (Å²) in [5.41, 5.74) is -0.268. The first kappa shape index (κ1) is 10.9. The monoisotopic (exact) mass is 161 g/mol. The van der Waals surface area contributed by atoms with Crippen molar-refractivity contribution < 1.29 is 9.84 Å². The highest BCUT2D eigenvalue weighted by molar-refractivity contribution is 4.61. The largest absolute Gasteiger partial charge is 0.367 e. The zero-order valence-electron chi connectivity index (χ0n) is 8.09. The van der Waals surface area contributed by atoms with E-state index >= 15 is 0 Å². The van der Waals surface area contributed by atoms with Crippen LogP contribution in [0.5, 0.6) is 0 Å². The molecule has 1 N–H and O–H groups in total. The fourth-order valence-corrected chi connectivity index (χ4v) is 0.758. The molecule has 0 aliphatic carbocycles. The third-order valence-electron chi connectivity index (χ3n) is 1.01. The molecule has 0 amide bonds. The number of likely N-dealkylation sites (N-methyl/N-ethyl adjacent to an activating group) is 1. The predicted octanol–water partition coefficient (Wildman–Crippen LogP) is 0.681. The second-order valence-corrected chi connectivity index (χ2v) is 3.95. The van der Waals surface area contributed by atoms with Crippen molar-refractivity contribution in [2.45, 2.75) is 32.7 Å². The van der Waals surface area contributed by atoms with Gasteiger partial charge >= 0.3 is 0 Å². The fraction of sp³-hybridized carbons (Fsp3) is 1.00. The summed E-state index contributed by atoms with van der Waals surface area (Å²) >= 11 is 0. The molecule has 0 saturated carbocycles. The van der Waals surface area contributed by atoms with Gasteiger partial charge in [0, 0.05) is 6.54 Å². The summed E-state index contributed by atoms with van der Waals surface area (Å²) in [5, 5.41) is 9.29. The van der Waals surface area contributed by atoms with Gasteiger partial charge in [-0.2, -0.15) is 0 Å². The maximum absolute atomic E-state index is 9.29. The molecular formula is C8H19NO2. The van der Waals surface area contributed by atoms with Gasteiger partial charge in [0.2, 0.25) is 0 Å². The van der Waals surface area contributed by atoms with Gasteiger partial charge in [-0.3, -0.25) is 0 Å². The third kappa shape index (κ3) is 7.78. The van der Waals surface area contributed by atoms with Crippen molar-refractivity contribution in [3.8, 4) is 0 Å². The van der Waals surface area contributed by atoms with Gasteiger partial charge < -0.3 is 14.7 Å². The Morgan fingerprint density at radius 2 is 1.82 bits per heavy atom. The SMILES string of the molecule is CN(C)CC(O)OC(C)(C)C. The molecule has 1 unspecified atom stereocenters. The molecule has 0 heterocycles. The number of nitrogens with zero attached hydrogens (tertiary/aromatic N) is 1. The maximum atomic E-state index is 9.29. The first-order chi connectivity index (χ1) is 4.81. The normalized spacial score (nSPS) is 15.5. The quantitative estimate of drug-likeness (QED) is 0.618. The van der Waals surface area contributed by atoms with Crippen LogP contribution in [0, 0.1) is 0 Å². The van der Waals surface area contributed by atoms with Crippen molar-refractivity contribution in [3.63, 3.8) is 0 Å². The summed E-state index contributed by atoms with van der Waals surface area (Å²) in [4.78, 5) is 1.89. The zero-order valence-corrected chi connectivity index (χ0v) is 8.09. The van der Waals surface area contributed by atoms with Gasteiger partial charge in [0.25, 0.3) is 0 Å². The summed E-state index contributed by atoms with van der Waals surface area (Å²) in [7, 11) is 3.80. The Bertz CT molecular complexity index is 107. The van der Waals surface area contributed by atoms with Crippen molar-refractivity contribution in [2.24, 2.45) is 0 Å². The van der Waals surface area contributed by atoms with Crippen LogP contribution in [0.4, 0.5) is 0 Å². The molecule has 3 heteroatoms. The van der Waals surface area contributed by atoms with E-state index in [1.807, 2.05) is 39.8 Å². The third-order valence-corrected chi connectivity index (χ3v) is 1.01. The molecule has 11 heavy (non-hydrogen) atoms. The number of hydrogen-bond donors (Lipinski definition) is 1. The molecule has 0 aliphatic heterocycles. The lowest BCUT2D eigenvalue weighted by molar-refractivity contribution is -0.170. The van der Waals surface area contributed by atoms with Crippen LogP contribution < -0.4 is 0 Å². The van der Waals surface area contributed by atoms with Crippen molar-refractivity contribution in [1.82, 2.24) is 4.90 Å². The molecule has 1 atom stereocenters. The minimum atomic E-state index is -0.690. The second kappa shape index (κ2) is 4.04. The first-order valence-electron chi connectivity index (χ1n) is 3.82. The molecule has 0 bridgehead atoms. The number of rotatable bonds is 3. The Morgan fingerprint density at radius 3 is 2.09 bits per heavy atom. The average Bonchev–Trinajstić information content (AvgIpc) is 1.53. The maximum Gasteiger partial charge on any atom is 0.167 e. The summed E-state index contributed by atoms with van der Waals surface area (Å²) in [6.45, 7) is 6.31. The van der Waals surface area contributed by atoms with Crippen molar-refractivity contribution in [1.29, 1.82) is 0 Å². The van der Waals surface area contributed by atoms with Crippen molar-refractivity contribution in [2.75, 3.05) is 20.6 Å². The fourth-order valence-electron chi connectivity index (χ4n) is 0.758. The van der Waals surface area contributed by atoms with E-state index in [1.165, 1.54) is 0 Å². The molecule has 0 aliphatic rings. The smallest absolute Gasteiger partial charge is 0.167 e. The molecule has 0 aromatic heterocycles. The standard InChI is InChI=1S/C8H19NO2/c1-8(2,3)11-7(10)6-9(4)5/h7,10H,6H2,1-5H3. The highest BCUT2D eigenvalue weighted by Crippen LogP contribution is 2.09. The molecule has 68 valence electrons. The highest BCUT2D eigenvalue weighted by atomic mass is 16.6. The van der Waals surface area contributed by atoms with Crippen LogP contribution in [0.25, 0.3) is 0 Å². The predicted molar refractivity (Wildman–Crippen MR) is 45.4 cm³/mol. The Kier molecular flexibility index (Phi) is 4.00. The van der Waals surface area contributed by atoms with Crippen LogP contribution in [0.1, 0.15) is 20.8 Å². The van der Waals surface area contributed by atoms with Gasteiger partial charge in [-0.05, 0) is 34.9 Å². The van der Waals surface area contributed by atoms with Gasteiger partial charge in [0.05, 0.1) is 5.60 Å². The van der Waals surface area contributed by atoms with Crippen LogP contribution >= 0.6 is 0 Å². The molecule has 0 aromatic carbocycles. The Morgan fingerprint density at radius 1 is 1.36 bits per heavy atom. The molecule has 0 rings (SSSR count). The Labute approximate surface area is 69.0 Å². The Hall–Kier alpha value is -0.120. The summed E-state index contributed by atoms with van der Waals surface area (Å²) in [6.07, 6.45) is -0.690. The van der Waals surface area contributed by atoms with Crippen LogP contribution in [-0.2, 0) is 4.74 Å². The molecule has 0 spiro atoms. The molecule has 0 aromatic rings. The van der Waals surface area contributed by atoms with Crippen LogP contribution in [0.2, 0.25) is 0 Å². The summed E-state index contributed by atoms with van der Waals surface area (Å²) < 4.78 is 5.26. The first-order valence-corrected chi connectivity index (χ1v) is 3.82. The van der Waals surface area contributed by atoms with Crippen LogP contribution in [-0.4, -0.2) is 42.5 Å². The van der Waals surface area contributed by atoms with Gasteiger partial charge in [0.1, 0.15) is 0 Å². The lowest BCUT2D eigenvalue weighted by Crippen LogP contribution is -2.34. The van der Waals surface area contributed by atoms with E-state index in [4.69, 9.17) is 4.74 Å². The number of aliphatic hydroxyl groups excluding tert-OH is 1. The summed E-state index contributed by atoms with van der Waals surface area (Å²) in [6, 6.07) is 0. The average molecular weight is 161 g/mol. The number of hydrogen-bond acceptors (Lipinski definition) is 3. The van der Waals surface area contributed by atoms with Crippen LogP contribution in [0.3, 0.4) is 0 Å². The van der Waals surface area contributed by atoms with Gasteiger partial charge in [0.15, 0.2) is 6.29 Å². The van der Waals surface area contributed by atoms with Crippen LogP contribution in [0.15, 0.2) is 0 Å². The van der Waals surface area contributed by atoms with Crippen molar-refractivity contribution in [3.05, 3.63) is 0 Å². The summed E-state index contributed by atoms with van der Waals surface area (Å²) in [5.74, 6) is 0. The highest BCUT2D eigenvalue weighted by Gasteiger charge is 2.16. The Balaban J connectivity index is 3.61. The molecule has 0 saturated heterocycles. The van der Waals surface area contributed by atoms with E-state index in [9.17, 15) is 5.11 Å². The van der Waals surface area contributed by atoms with E-state index in [-0.39, 0.29) is 5.60 Å². The second-order valence-electron chi connectivity index (χ2n) is 3.95. The van der Waals surface area contributed by atoms with E-state index in [2.05, 4.69) is 0 Å². The van der Waals surface area contributed by atoms with E-state index in [0.717, 1.165) is 0 Å². The lowest BCUT2D eigenvalue weighted by Gasteiger charge is -2.25. The van der Waals surface area contributed by atoms with Gasteiger partial charge in [-0.1, -0.05) is 0 Å². The number of aliphatic hydroxyl groups is 1. The molecule has 0 radical (unpaired) electrons. The minimum Gasteiger partial charge on any atom is -0.367 e. The van der Waals surface area contributed by atoms with Gasteiger partial charge in [-0.15, -0.1) is 0 Å². The molecule has 0 fully saturated rings. The number of ether oxygens (including phenoxy) is 1. The van der Waals surface area contributed by atoms with E-state index in [1.54, 1.807) is 0 Å². The van der Waals surface area contributed by atoms with E-state index < -0.39 is 6.29 Å². The topological polar surface area (TPSA) is 32.7 Å². The minimum absolute atomic E-state index is 0.268. The molecular weight excluding hydrogens is 142 g/mol. The van der Waals surface area contributed by atoms with Crippen molar-refractivity contribution >= 4 is 0 Å². The lowest BCUT2D eigenvalue weighted by atomic mass is 10.2. The van der Waals surface area contributed by atoms with Gasteiger partial charge in [-0.25, -0.2) is 0 Å². The van der Waals surface area contributed by atoms with E-state index in [0.29, 0.717) is 6.54 Å². The molecule has 3 nitrogen and oxygen atoms in total. The zero-order chi connectivity index (χ0) is 9.07.